The summed E-state index contributed by atoms with van der Waals surface area (Å²) in [7, 11) is 4.03. The van der Waals surface area contributed by atoms with E-state index in [0.29, 0.717) is 5.92 Å². The molecule has 0 saturated carbocycles. The van der Waals surface area contributed by atoms with Crippen molar-refractivity contribution < 1.29 is 9.26 Å². The maximum absolute atomic E-state index is 5.05. The van der Waals surface area contributed by atoms with Crippen LogP contribution in [-0.2, 0) is 9.26 Å². The van der Waals surface area contributed by atoms with Gasteiger partial charge in [-0.3, -0.25) is 0 Å². The van der Waals surface area contributed by atoms with Crippen LogP contribution in [-0.4, -0.2) is 20.3 Å². The van der Waals surface area contributed by atoms with Crippen LogP contribution in [0.4, 0.5) is 0 Å². The number of hydrogen-bond acceptors (Lipinski definition) is 2. The van der Waals surface area contributed by atoms with Crippen molar-refractivity contribution in [3.05, 3.63) is 12.2 Å². The Kier molecular flexibility index (Phi) is 10.2. The topological polar surface area (TPSA) is 18.5 Å². The molecule has 0 rings (SSSR count). The smallest absolute Gasteiger partial charge is 0.0507 e. The van der Waals surface area contributed by atoms with Crippen molar-refractivity contribution in [2.75, 3.05) is 20.3 Å². The zero-order chi connectivity index (χ0) is 9.94. The summed E-state index contributed by atoms with van der Waals surface area (Å²) in [6, 6.07) is 0. The summed E-state index contributed by atoms with van der Waals surface area (Å²) in [6.07, 6.45) is 7.74. The average molecular weight is 204 g/mol. The van der Waals surface area contributed by atoms with Gasteiger partial charge in [0.1, 0.15) is 0 Å². The predicted octanol–water partition coefficient (Wildman–Crippen LogP) is 2.80. The standard InChI is InChI=1S/C10H21O2P/c1-3-4-5-10(6-8-11-2)7-9-12-13/h4-5,10H,3,6-9,13H2,1-2H3. The van der Waals surface area contributed by atoms with E-state index in [1.165, 1.54) is 0 Å². The third-order valence-electron chi connectivity index (χ3n) is 1.94. The van der Waals surface area contributed by atoms with Crippen LogP contribution in [0.1, 0.15) is 26.2 Å². The summed E-state index contributed by atoms with van der Waals surface area (Å²) in [6.45, 7) is 3.78. The maximum atomic E-state index is 5.05. The second-order valence-corrected chi connectivity index (χ2v) is 3.37. The van der Waals surface area contributed by atoms with Crippen molar-refractivity contribution >= 4 is 9.47 Å². The van der Waals surface area contributed by atoms with Gasteiger partial charge in [-0.2, -0.15) is 0 Å². The number of hydrogen-bond donors (Lipinski definition) is 0. The fraction of sp³-hybridized carbons (Fsp3) is 0.800. The minimum absolute atomic E-state index is 0.598. The first kappa shape index (κ1) is 13.1. The molecule has 3 heteroatoms. The van der Waals surface area contributed by atoms with E-state index in [1.807, 2.05) is 0 Å². The highest BCUT2D eigenvalue weighted by atomic mass is 31.0. The van der Waals surface area contributed by atoms with Gasteiger partial charge in [0.25, 0.3) is 0 Å². The summed E-state index contributed by atoms with van der Waals surface area (Å²) >= 11 is 0. The van der Waals surface area contributed by atoms with Crippen molar-refractivity contribution in [2.45, 2.75) is 26.2 Å². The molecular formula is C10H21O2P. The van der Waals surface area contributed by atoms with Crippen LogP contribution in [0.15, 0.2) is 12.2 Å². The van der Waals surface area contributed by atoms with Crippen molar-refractivity contribution in [2.24, 2.45) is 5.92 Å². The van der Waals surface area contributed by atoms with Gasteiger partial charge in [-0.05, 0) is 25.2 Å². The second kappa shape index (κ2) is 10.2. The molecule has 0 amide bonds. The third-order valence-corrected chi connectivity index (χ3v) is 2.18. The predicted molar refractivity (Wildman–Crippen MR) is 59.7 cm³/mol. The Balaban J connectivity index is 3.66. The Morgan fingerprint density at radius 3 is 2.54 bits per heavy atom. The highest BCUT2D eigenvalue weighted by Crippen LogP contribution is 2.12. The average Bonchev–Trinajstić information content (AvgIpc) is 2.17. The first-order valence-electron chi connectivity index (χ1n) is 4.82. The van der Waals surface area contributed by atoms with E-state index in [1.54, 1.807) is 7.11 Å². The minimum Gasteiger partial charge on any atom is -0.385 e. The van der Waals surface area contributed by atoms with E-state index in [0.717, 1.165) is 32.5 Å². The fourth-order valence-electron chi connectivity index (χ4n) is 1.15. The first-order valence-corrected chi connectivity index (χ1v) is 5.29. The monoisotopic (exact) mass is 204 g/mol. The Morgan fingerprint density at radius 1 is 1.31 bits per heavy atom. The lowest BCUT2D eigenvalue weighted by Crippen LogP contribution is -2.04. The molecule has 0 N–H and O–H groups in total. The zero-order valence-electron chi connectivity index (χ0n) is 8.66. The summed E-state index contributed by atoms with van der Waals surface area (Å²) in [5.41, 5.74) is 0. The molecule has 2 nitrogen and oxygen atoms in total. The van der Waals surface area contributed by atoms with E-state index in [9.17, 15) is 0 Å². The normalized spacial score (nSPS) is 13.8. The summed E-state index contributed by atoms with van der Waals surface area (Å²) in [4.78, 5) is 0. The molecule has 0 aromatic carbocycles. The van der Waals surface area contributed by atoms with Gasteiger partial charge in [0, 0.05) is 23.2 Å². The van der Waals surface area contributed by atoms with Crippen molar-refractivity contribution in [1.82, 2.24) is 0 Å². The van der Waals surface area contributed by atoms with Crippen LogP contribution >= 0.6 is 9.47 Å². The molecule has 0 spiro atoms. The lowest BCUT2D eigenvalue weighted by molar-refractivity contribution is 0.179. The van der Waals surface area contributed by atoms with E-state index in [2.05, 4.69) is 28.5 Å². The van der Waals surface area contributed by atoms with Gasteiger partial charge in [0.05, 0.1) is 6.61 Å². The molecule has 0 aliphatic rings. The molecule has 0 heterocycles. The molecular weight excluding hydrogens is 183 g/mol. The lowest BCUT2D eigenvalue weighted by Gasteiger charge is -2.10. The summed E-state index contributed by atoms with van der Waals surface area (Å²) < 4.78 is 10.0. The number of methoxy groups -OCH3 is 1. The van der Waals surface area contributed by atoms with Gasteiger partial charge in [-0.15, -0.1) is 0 Å². The van der Waals surface area contributed by atoms with Gasteiger partial charge in [0.15, 0.2) is 0 Å². The molecule has 78 valence electrons. The maximum Gasteiger partial charge on any atom is 0.0507 e. The molecule has 0 aromatic heterocycles. The largest absolute Gasteiger partial charge is 0.385 e. The Bertz CT molecular complexity index is 118. The third kappa shape index (κ3) is 8.42. The molecule has 0 aliphatic heterocycles. The summed E-state index contributed by atoms with van der Waals surface area (Å²) in [5.74, 6) is 0.598. The number of rotatable bonds is 8. The molecule has 0 radical (unpaired) electrons. The molecule has 0 aromatic rings. The van der Waals surface area contributed by atoms with Crippen molar-refractivity contribution in [3.63, 3.8) is 0 Å². The van der Waals surface area contributed by atoms with Crippen LogP contribution in [0.5, 0.6) is 0 Å². The van der Waals surface area contributed by atoms with Crippen molar-refractivity contribution in [3.8, 4) is 0 Å². The van der Waals surface area contributed by atoms with Crippen LogP contribution in [0, 0.1) is 5.92 Å². The van der Waals surface area contributed by atoms with Crippen LogP contribution in [0.3, 0.4) is 0 Å². The lowest BCUT2D eigenvalue weighted by atomic mass is 10.0. The number of ether oxygens (including phenoxy) is 1. The van der Waals surface area contributed by atoms with E-state index in [-0.39, 0.29) is 0 Å². The van der Waals surface area contributed by atoms with Gasteiger partial charge in [-0.25, -0.2) is 0 Å². The van der Waals surface area contributed by atoms with Gasteiger partial charge in [0.2, 0.25) is 0 Å². The van der Waals surface area contributed by atoms with E-state index >= 15 is 0 Å². The SMILES string of the molecule is CCC=CC(CCOC)CCOP. The highest BCUT2D eigenvalue weighted by Gasteiger charge is 2.03. The Morgan fingerprint density at radius 2 is 2.00 bits per heavy atom. The van der Waals surface area contributed by atoms with Crippen LogP contribution in [0.2, 0.25) is 0 Å². The molecule has 2 atom stereocenters. The van der Waals surface area contributed by atoms with Gasteiger partial charge in [-0.1, -0.05) is 19.1 Å². The highest BCUT2D eigenvalue weighted by molar-refractivity contribution is 7.09. The molecule has 0 saturated heterocycles. The van der Waals surface area contributed by atoms with Crippen LogP contribution in [0.25, 0.3) is 0 Å². The summed E-state index contributed by atoms with van der Waals surface area (Å²) in [5, 5.41) is 0. The Labute approximate surface area is 84.0 Å². The Hall–Kier alpha value is 0.0900. The first-order chi connectivity index (χ1) is 6.35. The number of allylic oxidation sites excluding steroid dienone is 2. The fourth-order valence-corrected chi connectivity index (χ4v) is 1.29. The zero-order valence-corrected chi connectivity index (χ0v) is 9.82. The molecule has 13 heavy (non-hydrogen) atoms. The second-order valence-electron chi connectivity index (χ2n) is 3.04. The van der Waals surface area contributed by atoms with Crippen molar-refractivity contribution in [1.29, 1.82) is 0 Å². The molecule has 0 aliphatic carbocycles. The van der Waals surface area contributed by atoms with E-state index in [4.69, 9.17) is 9.26 Å². The van der Waals surface area contributed by atoms with Crippen LogP contribution < -0.4 is 0 Å². The van der Waals surface area contributed by atoms with Gasteiger partial charge >= 0.3 is 0 Å². The molecule has 0 bridgehead atoms. The van der Waals surface area contributed by atoms with Gasteiger partial charge < -0.3 is 9.26 Å². The molecule has 2 unspecified atom stereocenters. The van der Waals surface area contributed by atoms with E-state index < -0.39 is 0 Å². The molecule has 0 fully saturated rings. The minimum atomic E-state index is 0.598. The quantitative estimate of drug-likeness (QED) is 0.447.